The number of ether oxygens (including phenoxy) is 1. The molecule has 2 nitrogen and oxygen atoms in total. The Hall–Kier alpha value is -1.36. The summed E-state index contributed by atoms with van der Waals surface area (Å²) in [6.45, 7) is 0. The molecule has 0 atom stereocenters. The Morgan fingerprint density at radius 3 is 2.32 bits per heavy atom. The van der Waals surface area contributed by atoms with E-state index < -0.39 is 5.82 Å². The third-order valence-corrected chi connectivity index (χ3v) is 2.93. The van der Waals surface area contributed by atoms with Crippen molar-refractivity contribution in [3.63, 3.8) is 0 Å². The van der Waals surface area contributed by atoms with E-state index in [1.807, 2.05) is 0 Å². The van der Waals surface area contributed by atoms with E-state index in [2.05, 4.69) is 0 Å². The molecule has 6 heteroatoms. The minimum absolute atomic E-state index is 0.0441. The average molecular weight is 316 g/mol. The molecule has 0 aromatic heterocycles. The molecule has 0 saturated heterocycles. The first-order valence-corrected chi connectivity index (χ1v) is 6.35. The lowest BCUT2D eigenvalue weighted by Crippen LogP contribution is -2.11. The van der Waals surface area contributed by atoms with Gasteiger partial charge in [-0.3, -0.25) is 0 Å². The summed E-state index contributed by atoms with van der Waals surface area (Å²) in [4.78, 5) is 0.0441. The number of benzene rings is 2. The fourth-order valence-corrected chi connectivity index (χ4v) is 2.16. The van der Waals surface area contributed by atoms with Crippen LogP contribution < -0.4 is 10.5 Å². The summed E-state index contributed by atoms with van der Waals surface area (Å²) in [7, 11) is 0. The van der Waals surface area contributed by atoms with E-state index in [0.717, 1.165) is 0 Å². The topological polar surface area (TPSA) is 35.2 Å². The molecule has 2 aromatic carbocycles. The lowest BCUT2D eigenvalue weighted by atomic mass is 10.2. The van der Waals surface area contributed by atoms with Crippen LogP contribution in [-0.2, 0) is 0 Å². The fraction of sp³-hybridized carbons (Fsp3) is 0. The van der Waals surface area contributed by atoms with E-state index in [-0.39, 0.29) is 4.99 Å². The third kappa shape index (κ3) is 3.56. The Balaban J connectivity index is 2.40. The van der Waals surface area contributed by atoms with E-state index >= 15 is 0 Å². The first-order valence-electron chi connectivity index (χ1n) is 5.19. The van der Waals surface area contributed by atoms with E-state index in [1.165, 1.54) is 18.2 Å². The van der Waals surface area contributed by atoms with Crippen LogP contribution in [0.5, 0.6) is 11.5 Å². The first-order chi connectivity index (χ1) is 8.95. The van der Waals surface area contributed by atoms with Gasteiger partial charge in [-0.25, -0.2) is 4.39 Å². The zero-order valence-corrected chi connectivity index (χ0v) is 11.8. The van der Waals surface area contributed by atoms with Crippen molar-refractivity contribution >= 4 is 40.4 Å². The monoisotopic (exact) mass is 315 g/mol. The van der Waals surface area contributed by atoms with Gasteiger partial charge in [-0.05, 0) is 36.4 Å². The molecular weight excluding hydrogens is 308 g/mol. The molecule has 0 fully saturated rings. The van der Waals surface area contributed by atoms with Crippen LogP contribution in [0.1, 0.15) is 5.56 Å². The van der Waals surface area contributed by atoms with Crippen molar-refractivity contribution in [1.29, 1.82) is 0 Å². The van der Waals surface area contributed by atoms with E-state index in [9.17, 15) is 4.39 Å². The highest BCUT2D eigenvalue weighted by atomic mass is 35.5. The van der Waals surface area contributed by atoms with Crippen LogP contribution in [0.2, 0.25) is 10.0 Å². The van der Waals surface area contributed by atoms with Crippen molar-refractivity contribution in [2.75, 3.05) is 0 Å². The van der Waals surface area contributed by atoms with Gasteiger partial charge in [0.15, 0.2) is 0 Å². The van der Waals surface area contributed by atoms with Crippen LogP contribution in [0.25, 0.3) is 0 Å². The maximum atomic E-state index is 13.2. The molecule has 0 spiro atoms. The van der Waals surface area contributed by atoms with E-state index in [4.69, 9.17) is 45.9 Å². The Kier molecular flexibility index (Phi) is 4.24. The molecule has 19 heavy (non-hydrogen) atoms. The van der Waals surface area contributed by atoms with Crippen LogP contribution in [0.15, 0.2) is 36.4 Å². The van der Waals surface area contributed by atoms with Gasteiger partial charge in [0.25, 0.3) is 0 Å². The highest BCUT2D eigenvalue weighted by Gasteiger charge is 2.10. The summed E-state index contributed by atoms with van der Waals surface area (Å²) in [5.41, 5.74) is 5.84. The Morgan fingerprint density at radius 1 is 1.11 bits per heavy atom. The number of nitrogens with two attached hydrogens (primary N) is 1. The highest BCUT2D eigenvalue weighted by molar-refractivity contribution is 7.80. The third-order valence-electron chi connectivity index (χ3n) is 2.27. The summed E-state index contributed by atoms with van der Waals surface area (Å²) in [6.07, 6.45) is 0. The normalized spacial score (nSPS) is 10.3. The van der Waals surface area contributed by atoms with Crippen molar-refractivity contribution in [3.05, 3.63) is 57.8 Å². The van der Waals surface area contributed by atoms with Gasteiger partial charge in [0.1, 0.15) is 22.3 Å². The number of hydrogen-bond donors (Lipinski definition) is 1. The predicted octanol–water partition coefficient (Wildman–Crippen LogP) is 4.56. The van der Waals surface area contributed by atoms with Gasteiger partial charge in [-0.1, -0.05) is 35.4 Å². The molecule has 0 radical (unpaired) electrons. The number of halogens is 3. The summed E-state index contributed by atoms with van der Waals surface area (Å²) in [5.74, 6) is 0.313. The van der Waals surface area contributed by atoms with Gasteiger partial charge in [-0.2, -0.15) is 0 Å². The molecule has 0 aliphatic rings. The summed E-state index contributed by atoms with van der Waals surface area (Å²) in [6, 6.07) is 8.65. The summed E-state index contributed by atoms with van der Waals surface area (Å²) < 4.78 is 18.7. The molecular formula is C13H8Cl2FNOS. The molecule has 2 rings (SSSR count). The Morgan fingerprint density at radius 2 is 1.74 bits per heavy atom. The number of hydrogen-bond acceptors (Lipinski definition) is 2. The maximum absolute atomic E-state index is 13.2. The molecule has 0 heterocycles. The zero-order chi connectivity index (χ0) is 14.0. The second kappa shape index (κ2) is 5.74. The Bertz CT molecular complexity index is 628. The van der Waals surface area contributed by atoms with Gasteiger partial charge < -0.3 is 10.5 Å². The lowest BCUT2D eigenvalue weighted by molar-refractivity contribution is 0.479. The van der Waals surface area contributed by atoms with Gasteiger partial charge in [0.05, 0.1) is 5.56 Å². The second-order valence-electron chi connectivity index (χ2n) is 3.71. The quantitative estimate of drug-likeness (QED) is 0.843. The standard InChI is InChI=1S/C13H8Cl2FNOS/c14-7-3-8(15)5-10(4-7)18-12-2-1-9(16)6-11(12)13(17)19/h1-6H,(H2,17,19). The SMILES string of the molecule is NC(=S)c1cc(F)ccc1Oc1cc(Cl)cc(Cl)c1. The molecule has 0 amide bonds. The fourth-order valence-electron chi connectivity index (χ4n) is 1.50. The van der Waals surface area contributed by atoms with Crippen molar-refractivity contribution in [2.24, 2.45) is 5.73 Å². The molecule has 0 aliphatic heterocycles. The molecule has 2 aromatic rings. The molecule has 98 valence electrons. The van der Waals surface area contributed by atoms with Crippen molar-refractivity contribution in [3.8, 4) is 11.5 Å². The van der Waals surface area contributed by atoms with Gasteiger partial charge >= 0.3 is 0 Å². The van der Waals surface area contributed by atoms with Gasteiger partial charge in [-0.15, -0.1) is 0 Å². The van der Waals surface area contributed by atoms with Crippen molar-refractivity contribution in [1.82, 2.24) is 0 Å². The molecule has 0 saturated carbocycles. The van der Waals surface area contributed by atoms with Crippen LogP contribution in [0.4, 0.5) is 4.39 Å². The van der Waals surface area contributed by atoms with E-state index in [1.54, 1.807) is 18.2 Å². The molecule has 0 bridgehead atoms. The molecule has 0 aliphatic carbocycles. The number of rotatable bonds is 3. The van der Waals surface area contributed by atoms with Gasteiger partial charge in [0.2, 0.25) is 0 Å². The first kappa shape index (κ1) is 14.1. The maximum Gasteiger partial charge on any atom is 0.137 e. The second-order valence-corrected chi connectivity index (χ2v) is 5.02. The minimum atomic E-state index is -0.445. The average Bonchev–Trinajstić information content (AvgIpc) is 2.30. The van der Waals surface area contributed by atoms with Crippen LogP contribution >= 0.6 is 35.4 Å². The molecule has 0 unspecified atom stereocenters. The lowest BCUT2D eigenvalue weighted by Gasteiger charge is -2.11. The Labute approximate surface area is 124 Å². The van der Waals surface area contributed by atoms with Crippen molar-refractivity contribution in [2.45, 2.75) is 0 Å². The summed E-state index contributed by atoms with van der Waals surface area (Å²) >= 11 is 16.6. The summed E-state index contributed by atoms with van der Waals surface area (Å²) in [5, 5.41) is 0.864. The highest BCUT2D eigenvalue weighted by Crippen LogP contribution is 2.30. The van der Waals surface area contributed by atoms with Gasteiger partial charge in [0, 0.05) is 10.0 Å². The minimum Gasteiger partial charge on any atom is -0.457 e. The number of thiocarbonyl (C=S) groups is 1. The van der Waals surface area contributed by atoms with Crippen LogP contribution in [0, 0.1) is 5.82 Å². The van der Waals surface area contributed by atoms with Crippen molar-refractivity contribution < 1.29 is 9.13 Å². The van der Waals surface area contributed by atoms with Crippen LogP contribution in [-0.4, -0.2) is 4.99 Å². The zero-order valence-electron chi connectivity index (χ0n) is 9.49. The molecule has 2 N–H and O–H groups in total. The van der Waals surface area contributed by atoms with Crippen LogP contribution in [0.3, 0.4) is 0 Å². The largest absolute Gasteiger partial charge is 0.457 e. The smallest absolute Gasteiger partial charge is 0.137 e. The predicted molar refractivity (Wildman–Crippen MR) is 78.8 cm³/mol. The van der Waals surface area contributed by atoms with E-state index in [0.29, 0.717) is 27.1 Å².